The SMILES string of the molecule is CCCCOC(=O)NC1CCC(C#Cc2ccc(N3C=NC(C)O3)s2)(c2ccc(OC)c(OC3CCCC3)c2)CC1. The Kier molecular flexibility index (Phi) is 9.73. The van der Waals surface area contributed by atoms with Crippen LogP contribution in [0.4, 0.5) is 9.80 Å². The Labute approximate surface area is 247 Å². The number of alkyl carbamates (subject to hydrolysis) is 1. The zero-order chi connectivity index (χ0) is 28.7. The van der Waals surface area contributed by atoms with Crippen LogP contribution in [-0.4, -0.2) is 44.5 Å². The second kappa shape index (κ2) is 13.6. The molecule has 1 unspecified atom stereocenters. The monoisotopic (exact) mass is 579 g/mol. The molecule has 8 nitrogen and oxygen atoms in total. The van der Waals surface area contributed by atoms with E-state index in [2.05, 4.69) is 41.2 Å². The molecule has 1 aromatic heterocycles. The summed E-state index contributed by atoms with van der Waals surface area (Å²) >= 11 is 1.58. The van der Waals surface area contributed by atoms with Crippen molar-refractivity contribution in [3.8, 4) is 23.3 Å². The van der Waals surface area contributed by atoms with Gasteiger partial charge in [0.2, 0.25) is 0 Å². The van der Waals surface area contributed by atoms with Crippen molar-refractivity contribution in [2.45, 2.75) is 102 Å². The van der Waals surface area contributed by atoms with Crippen molar-refractivity contribution in [3.05, 3.63) is 40.8 Å². The van der Waals surface area contributed by atoms with Crippen LogP contribution < -0.4 is 19.9 Å². The Morgan fingerprint density at radius 1 is 1.17 bits per heavy atom. The maximum absolute atomic E-state index is 12.3. The van der Waals surface area contributed by atoms with E-state index in [1.807, 2.05) is 25.1 Å². The fourth-order valence-corrected chi connectivity index (χ4v) is 6.47. The lowest BCUT2D eigenvalue weighted by Gasteiger charge is -2.37. The average Bonchev–Trinajstić information content (AvgIpc) is 3.76. The van der Waals surface area contributed by atoms with Crippen LogP contribution in [0.3, 0.4) is 0 Å². The van der Waals surface area contributed by atoms with Crippen LogP contribution >= 0.6 is 11.3 Å². The minimum absolute atomic E-state index is 0.0634. The Bertz CT molecular complexity index is 1270. The Hall–Kier alpha value is -3.22. The van der Waals surface area contributed by atoms with Crippen molar-refractivity contribution in [2.75, 3.05) is 18.8 Å². The Morgan fingerprint density at radius 3 is 2.68 bits per heavy atom. The highest BCUT2D eigenvalue weighted by atomic mass is 32.1. The number of thiophene rings is 1. The lowest BCUT2D eigenvalue weighted by Crippen LogP contribution is -2.42. The molecular formula is C32H41N3O5S. The van der Waals surface area contributed by atoms with Gasteiger partial charge in [0.1, 0.15) is 11.3 Å². The van der Waals surface area contributed by atoms with E-state index in [1.165, 1.54) is 12.8 Å². The van der Waals surface area contributed by atoms with Crippen molar-refractivity contribution < 1.29 is 23.8 Å². The van der Waals surface area contributed by atoms with Gasteiger partial charge in [0, 0.05) is 6.04 Å². The van der Waals surface area contributed by atoms with Crippen molar-refractivity contribution >= 4 is 28.8 Å². The molecule has 1 N–H and O–H groups in total. The molecule has 2 heterocycles. The van der Waals surface area contributed by atoms with E-state index in [-0.39, 0.29) is 29.9 Å². The number of carbonyl (C=O) groups excluding carboxylic acids is 1. The summed E-state index contributed by atoms with van der Waals surface area (Å²) in [4.78, 5) is 23.3. The molecule has 41 heavy (non-hydrogen) atoms. The lowest BCUT2D eigenvalue weighted by atomic mass is 9.68. The number of methoxy groups -OCH3 is 1. The molecule has 0 radical (unpaired) electrons. The van der Waals surface area contributed by atoms with E-state index in [9.17, 15) is 4.79 Å². The van der Waals surface area contributed by atoms with Crippen LogP contribution in [0.25, 0.3) is 0 Å². The summed E-state index contributed by atoms with van der Waals surface area (Å²) in [5, 5.41) is 5.72. The summed E-state index contributed by atoms with van der Waals surface area (Å²) < 4.78 is 17.5. The minimum Gasteiger partial charge on any atom is -0.493 e. The number of unbranched alkanes of at least 4 members (excludes halogenated alkanes) is 1. The third-order valence-electron chi connectivity index (χ3n) is 8.09. The van der Waals surface area contributed by atoms with Crippen molar-refractivity contribution in [1.82, 2.24) is 5.32 Å². The molecule has 5 rings (SSSR count). The molecule has 0 bridgehead atoms. The number of carbonyl (C=O) groups is 1. The van der Waals surface area contributed by atoms with Gasteiger partial charge in [0.05, 0.1) is 30.1 Å². The molecule has 2 fully saturated rings. The fourth-order valence-electron chi connectivity index (χ4n) is 5.69. The first kappa shape index (κ1) is 29.3. The van der Waals surface area contributed by atoms with Gasteiger partial charge in [-0.15, -0.1) is 11.3 Å². The largest absolute Gasteiger partial charge is 0.493 e. The van der Waals surface area contributed by atoms with Crippen molar-refractivity contribution in [3.63, 3.8) is 0 Å². The Morgan fingerprint density at radius 2 is 1.98 bits per heavy atom. The molecule has 1 aromatic carbocycles. The summed E-state index contributed by atoms with van der Waals surface area (Å²) in [6.45, 7) is 4.44. The van der Waals surface area contributed by atoms with Crippen LogP contribution in [0.15, 0.2) is 35.3 Å². The Balaban J connectivity index is 1.38. The van der Waals surface area contributed by atoms with Crippen molar-refractivity contribution in [1.29, 1.82) is 0 Å². The molecule has 1 atom stereocenters. The first-order valence-corrected chi connectivity index (χ1v) is 15.7. The van der Waals surface area contributed by atoms with E-state index in [1.54, 1.807) is 29.8 Å². The number of amides is 1. The maximum Gasteiger partial charge on any atom is 0.407 e. The number of aliphatic imine (C=N–C) groups is 1. The van der Waals surface area contributed by atoms with Crippen LogP contribution in [-0.2, 0) is 15.0 Å². The highest BCUT2D eigenvalue weighted by Gasteiger charge is 2.37. The quantitative estimate of drug-likeness (QED) is 0.255. The predicted octanol–water partition coefficient (Wildman–Crippen LogP) is 6.96. The van der Waals surface area contributed by atoms with Gasteiger partial charge in [-0.05, 0) is 94.5 Å². The summed E-state index contributed by atoms with van der Waals surface area (Å²) in [5.74, 6) is 8.70. The van der Waals surface area contributed by atoms with Gasteiger partial charge in [0.25, 0.3) is 0 Å². The van der Waals surface area contributed by atoms with Gasteiger partial charge in [-0.1, -0.05) is 31.3 Å². The number of hydroxylamine groups is 1. The van der Waals surface area contributed by atoms with Crippen LogP contribution in [0.5, 0.6) is 11.5 Å². The second-order valence-electron chi connectivity index (χ2n) is 11.1. The van der Waals surface area contributed by atoms with Gasteiger partial charge in [-0.25, -0.2) is 14.6 Å². The smallest absolute Gasteiger partial charge is 0.407 e. The van der Waals surface area contributed by atoms with E-state index >= 15 is 0 Å². The van der Waals surface area contributed by atoms with E-state index in [0.29, 0.717) is 6.61 Å². The minimum atomic E-state index is -0.380. The van der Waals surface area contributed by atoms with Gasteiger partial charge >= 0.3 is 6.09 Å². The standard InChI is InChI=1S/C32H41N3O5S/c1-4-5-20-38-31(36)34-25-14-17-32(18-15-25,19-16-27-11-13-30(41-27)35-22-33-23(2)40-35)24-10-12-28(37-3)29(21-24)39-26-8-6-7-9-26/h10-13,21-23,25-26H,4-9,14-15,17-18,20H2,1-3H3,(H,34,36). The van der Waals surface area contributed by atoms with E-state index < -0.39 is 0 Å². The zero-order valence-electron chi connectivity index (χ0n) is 24.3. The van der Waals surface area contributed by atoms with E-state index in [4.69, 9.17) is 19.0 Å². The van der Waals surface area contributed by atoms with Crippen LogP contribution in [0.2, 0.25) is 0 Å². The van der Waals surface area contributed by atoms with E-state index in [0.717, 1.165) is 78.3 Å². The number of nitrogens with one attached hydrogen (secondary N) is 1. The first-order valence-electron chi connectivity index (χ1n) is 14.9. The highest BCUT2D eigenvalue weighted by Crippen LogP contribution is 2.43. The topological polar surface area (TPSA) is 81.6 Å². The molecule has 2 saturated carbocycles. The molecule has 3 aliphatic rings. The third-order valence-corrected chi connectivity index (χ3v) is 9.07. The normalized spacial score (nSPS) is 24.1. The molecule has 220 valence electrons. The van der Waals surface area contributed by atoms with Gasteiger partial charge in [-0.2, -0.15) is 5.06 Å². The molecule has 0 saturated heterocycles. The predicted molar refractivity (Wildman–Crippen MR) is 162 cm³/mol. The number of hydrogen-bond acceptors (Lipinski definition) is 8. The summed E-state index contributed by atoms with van der Waals surface area (Å²) in [6.07, 6.45) is 11.1. The first-order chi connectivity index (χ1) is 20.0. The van der Waals surface area contributed by atoms with Crippen LogP contribution in [0, 0.1) is 11.8 Å². The van der Waals surface area contributed by atoms with Gasteiger partial charge in [-0.3, -0.25) is 0 Å². The number of nitrogens with zero attached hydrogens (tertiary/aromatic N) is 2. The number of ether oxygens (including phenoxy) is 3. The lowest BCUT2D eigenvalue weighted by molar-refractivity contribution is 0.102. The van der Waals surface area contributed by atoms with Gasteiger partial charge in [0.15, 0.2) is 17.7 Å². The molecule has 0 spiro atoms. The number of anilines is 1. The molecular weight excluding hydrogens is 538 g/mol. The maximum atomic E-state index is 12.3. The molecule has 2 aliphatic carbocycles. The second-order valence-corrected chi connectivity index (χ2v) is 12.1. The number of rotatable bonds is 9. The molecule has 2 aromatic rings. The summed E-state index contributed by atoms with van der Waals surface area (Å²) in [5.41, 5.74) is 0.748. The highest BCUT2D eigenvalue weighted by molar-refractivity contribution is 7.16. The molecule has 1 amide bonds. The molecule has 1 aliphatic heterocycles. The number of hydrogen-bond donors (Lipinski definition) is 1. The third kappa shape index (κ3) is 7.35. The van der Waals surface area contributed by atoms with Crippen molar-refractivity contribution in [2.24, 2.45) is 4.99 Å². The summed E-state index contributed by atoms with van der Waals surface area (Å²) in [7, 11) is 1.69. The fraction of sp³-hybridized carbons (Fsp3) is 0.562. The summed E-state index contributed by atoms with van der Waals surface area (Å²) in [6, 6.07) is 10.4. The average molecular weight is 580 g/mol. The zero-order valence-corrected chi connectivity index (χ0v) is 25.1. The number of benzene rings is 1. The molecule has 9 heteroatoms. The van der Waals surface area contributed by atoms with Crippen LogP contribution in [0.1, 0.15) is 88.5 Å². The van der Waals surface area contributed by atoms with Gasteiger partial charge < -0.3 is 19.5 Å².